The van der Waals surface area contributed by atoms with Crippen LogP contribution in [-0.4, -0.2) is 22.1 Å². The Bertz CT molecular complexity index is 298. The topological polar surface area (TPSA) is 27.1 Å². The quantitative estimate of drug-likeness (QED) is 0.744. The first kappa shape index (κ1) is 8.94. The van der Waals surface area contributed by atoms with E-state index in [0.717, 1.165) is 24.8 Å². The summed E-state index contributed by atoms with van der Waals surface area (Å²) in [4.78, 5) is 0. The van der Waals surface area contributed by atoms with Gasteiger partial charge in [-0.25, -0.2) is 4.68 Å². The number of nitrogens with zero attached hydrogens (tertiary/aromatic N) is 2. The smallest absolute Gasteiger partial charge is 0.216 e. The molecule has 0 bridgehead atoms. The molecule has 0 saturated carbocycles. The van der Waals surface area contributed by atoms with Gasteiger partial charge in [-0.05, 0) is 12.7 Å². The van der Waals surface area contributed by atoms with E-state index in [9.17, 15) is 0 Å². The van der Waals surface area contributed by atoms with E-state index in [1.54, 1.807) is 0 Å². The summed E-state index contributed by atoms with van der Waals surface area (Å²) in [6, 6.07) is 0. The largest absolute Gasteiger partial charge is 0.476 e. The van der Waals surface area contributed by atoms with Gasteiger partial charge in [-0.2, -0.15) is 16.9 Å². The molecule has 72 valence electrons. The van der Waals surface area contributed by atoms with E-state index in [0.29, 0.717) is 5.25 Å². The summed E-state index contributed by atoms with van der Waals surface area (Å²) < 4.78 is 7.47. The van der Waals surface area contributed by atoms with Crippen molar-refractivity contribution in [3.63, 3.8) is 0 Å². The molecule has 0 radical (unpaired) electrons. The lowest BCUT2D eigenvalue weighted by molar-refractivity contribution is 0.353. The van der Waals surface area contributed by atoms with Gasteiger partial charge in [-0.1, -0.05) is 6.92 Å². The lowest BCUT2D eigenvalue weighted by atomic mass is 10.3. The van der Waals surface area contributed by atoms with E-state index in [2.05, 4.69) is 18.9 Å². The minimum absolute atomic E-state index is 0.492. The molecule has 3 nitrogen and oxygen atoms in total. The Labute approximate surface area is 82.5 Å². The van der Waals surface area contributed by atoms with Crippen LogP contribution in [0.1, 0.15) is 24.7 Å². The second-order valence-corrected chi connectivity index (χ2v) is 4.69. The first-order valence-corrected chi connectivity index (χ1v) is 5.68. The molecule has 1 aromatic heterocycles. The van der Waals surface area contributed by atoms with E-state index in [-0.39, 0.29) is 0 Å². The molecule has 0 saturated heterocycles. The van der Waals surface area contributed by atoms with Gasteiger partial charge < -0.3 is 4.74 Å². The fourth-order valence-corrected chi connectivity index (χ4v) is 2.39. The number of ether oxygens (including phenoxy) is 1. The first-order chi connectivity index (χ1) is 6.33. The van der Waals surface area contributed by atoms with Crippen LogP contribution in [0.5, 0.6) is 5.88 Å². The predicted molar refractivity (Wildman–Crippen MR) is 54.3 cm³/mol. The zero-order chi connectivity index (χ0) is 9.26. The zero-order valence-corrected chi connectivity index (χ0v) is 8.80. The van der Waals surface area contributed by atoms with Gasteiger partial charge >= 0.3 is 0 Å². The molecule has 0 aromatic carbocycles. The second kappa shape index (κ2) is 3.62. The van der Waals surface area contributed by atoms with E-state index in [1.807, 2.05) is 22.6 Å². The van der Waals surface area contributed by atoms with Crippen LogP contribution in [0.2, 0.25) is 0 Å². The van der Waals surface area contributed by atoms with Crippen molar-refractivity contribution >= 4 is 11.8 Å². The van der Waals surface area contributed by atoms with Crippen LogP contribution < -0.4 is 4.74 Å². The van der Waals surface area contributed by atoms with Gasteiger partial charge in [-0.3, -0.25) is 0 Å². The van der Waals surface area contributed by atoms with Gasteiger partial charge in [0.25, 0.3) is 0 Å². The van der Waals surface area contributed by atoms with E-state index in [4.69, 9.17) is 4.74 Å². The van der Waals surface area contributed by atoms with Crippen molar-refractivity contribution in [3.8, 4) is 5.88 Å². The van der Waals surface area contributed by atoms with Crippen LogP contribution >= 0.6 is 11.8 Å². The molecule has 1 aromatic rings. The fourth-order valence-electron chi connectivity index (χ4n) is 1.55. The van der Waals surface area contributed by atoms with Crippen LogP contribution in [-0.2, 0) is 6.54 Å². The zero-order valence-electron chi connectivity index (χ0n) is 7.99. The van der Waals surface area contributed by atoms with Crippen molar-refractivity contribution in [2.24, 2.45) is 0 Å². The number of aromatic nitrogens is 2. The second-order valence-electron chi connectivity index (χ2n) is 3.07. The fraction of sp³-hybridized carbons (Fsp3) is 0.667. The van der Waals surface area contributed by atoms with E-state index >= 15 is 0 Å². The van der Waals surface area contributed by atoms with Crippen LogP contribution in [0.4, 0.5) is 0 Å². The third-order valence-electron chi connectivity index (χ3n) is 2.21. The molecule has 13 heavy (non-hydrogen) atoms. The normalized spacial score (nSPS) is 16.8. The van der Waals surface area contributed by atoms with Crippen molar-refractivity contribution in [2.45, 2.75) is 25.6 Å². The minimum atomic E-state index is 0.492. The molecular weight excluding hydrogens is 184 g/mol. The summed E-state index contributed by atoms with van der Waals surface area (Å²) in [5, 5.41) is 4.77. The molecule has 1 aliphatic rings. The highest BCUT2D eigenvalue weighted by Gasteiger charge is 2.21. The van der Waals surface area contributed by atoms with Crippen molar-refractivity contribution in [2.75, 3.05) is 12.4 Å². The van der Waals surface area contributed by atoms with Gasteiger partial charge in [0.15, 0.2) is 0 Å². The van der Waals surface area contributed by atoms with Crippen LogP contribution in [0.3, 0.4) is 0 Å². The standard InChI is InChI=1S/C9H14N2OS/c1-3-13-7(2)8-6-10-11-4-5-12-9(8)11/h6-7H,3-5H2,1-2H3. The van der Waals surface area contributed by atoms with Gasteiger partial charge in [-0.15, -0.1) is 0 Å². The van der Waals surface area contributed by atoms with Crippen LogP contribution in [0.25, 0.3) is 0 Å². The van der Waals surface area contributed by atoms with Gasteiger partial charge in [0, 0.05) is 10.8 Å². The number of hydrogen-bond acceptors (Lipinski definition) is 3. The molecule has 1 unspecified atom stereocenters. The summed E-state index contributed by atoms with van der Waals surface area (Å²) >= 11 is 1.92. The molecule has 0 N–H and O–H groups in total. The average Bonchev–Trinajstić information content (AvgIpc) is 2.62. The monoisotopic (exact) mass is 198 g/mol. The minimum Gasteiger partial charge on any atom is -0.476 e. The summed E-state index contributed by atoms with van der Waals surface area (Å²) in [7, 11) is 0. The van der Waals surface area contributed by atoms with Crippen LogP contribution in [0, 0.1) is 0 Å². The molecule has 1 atom stereocenters. The molecule has 2 heterocycles. The maximum absolute atomic E-state index is 5.52. The lowest BCUT2D eigenvalue weighted by Gasteiger charge is -2.08. The lowest BCUT2D eigenvalue weighted by Crippen LogP contribution is -1.94. The number of thioether (sulfide) groups is 1. The first-order valence-electron chi connectivity index (χ1n) is 4.63. The molecule has 1 aliphatic heterocycles. The Kier molecular flexibility index (Phi) is 2.49. The Hall–Kier alpha value is -0.640. The predicted octanol–water partition coefficient (Wildman–Crippen LogP) is 2.09. The number of rotatable bonds is 3. The molecule has 0 aliphatic carbocycles. The summed E-state index contributed by atoms with van der Waals surface area (Å²) in [6.07, 6.45) is 1.93. The average molecular weight is 198 g/mol. The van der Waals surface area contributed by atoms with Crippen molar-refractivity contribution < 1.29 is 4.74 Å². The third-order valence-corrected chi connectivity index (χ3v) is 3.30. The third kappa shape index (κ3) is 1.55. The summed E-state index contributed by atoms with van der Waals surface area (Å²) in [5.74, 6) is 2.11. The Balaban J connectivity index is 2.20. The van der Waals surface area contributed by atoms with Gasteiger partial charge in [0.05, 0.1) is 12.7 Å². The van der Waals surface area contributed by atoms with E-state index in [1.165, 1.54) is 5.56 Å². The SMILES string of the molecule is CCSC(C)c1cnn2c1OCC2. The summed E-state index contributed by atoms with van der Waals surface area (Å²) in [6.45, 7) is 6.05. The number of hydrogen-bond donors (Lipinski definition) is 0. The van der Waals surface area contributed by atoms with Crippen molar-refractivity contribution in [1.82, 2.24) is 9.78 Å². The Morgan fingerprint density at radius 1 is 1.77 bits per heavy atom. The highest BCUT2D eigenvalue weighted by molar-refractivity contribution is 7.99. The molecule has 0 fully saturated rings. The maximum atomic E-state index is 5.52. The maximum Gasteiger partial charge on any atom is 0.216 e. The summed E-state index contributed by atoms with van der Waals surface area (Å²) in [5.41, 5.74) is 1.24. The van der Waals surface area contributed by atoms with Crippen molar-refractivity contribution in [3.05, 3.63) is 11.8 Å². The molecule has 0 amide bonds. The van der Waals surface area contributed by atoms with Crippen molar-refractivity contribution in [1.29, 1.82) is 0 Å². The molecule has 0 spiro atoms. The molecule has 2 rings (SSSR count). The Morgan fingerprint density at radius 3 is 3.38 bits per heavy atom. The molecular formula is C9H14N2OS. The Morgan fingerprint density at radius 2 is 2.62 bits per heavy atom. The highest BCUT2D eigenvalue weighted by atomic mass is 32.2. The van der Waals surface area contributed by atoms with Gasteiger partial charge in [0.2, 0.25) is 5.88 Å². The number of fused-ring (bicyclic) bond motifs is 1. The highest BCUT2D eigenvalue weighted by Crippen LogP contribution is 2.35. The van der Waals surface area contributed by atoms with Gasteiger partial charge in [0.1, 0.15) is 6.61 Å². The molecule has 4 heteroatoms. The van der Waals surface area contributed by atoms with Crippen LogP contribution in [0.15, 0.2) is 6.20 Å². The van der Waals surface area contributed by atoms with E-state index < -0.39 is 0 Å².